The van der Waals surface area contributed by atoms with Gasteiger partial charge in [-0.2, -0.15) is 0 Å². The second-order valence-corrected chi connectivity index (χ2v) is 6.19. The first kappa shape index (κ1) is 17.2. The summed E-state index contributed by atoms with van der Waals surface area (Å²) < 4.78 is 21.9. The minimum absolute atomic E-state index is 0.0426. The quantitative estimate of drug-likeness (QED) is 0.584. The Kier molecular flexibility index (Phi) is 5.45. The molecule has 0 aromatic carbocycles. The lowest BCUT2D eigenvalue weighted by Crippen LogP contribution is -2.58. The van der Waals surface area contributed by atoms with E-state index in [0.29, 0.717) is 5.92 Å². The molecule has 2 fully saturated rings. The van der Waals surface area contributed by atoms with Gasteiger partial charge in [-0.15, -0.1) is 0 Å². The van der Waals surface area contributed by atoms with Gasteiger partial charge in [-0.05, 0) is 32.6 Å². The molecule has 0 bridgehead atoms. The maximum absolute atomic E-state index is 12.3. The van der Waals surface area contributed by atoms with Crippen molar-refractivity contribution in [2.24, 2.45) is 11.3 Å². The fourth-order valence-corrected chi connectivity index (χ4v) is 2.94. The van der Waals surface area contributed by atoms with Crippen LogP contribution in [0.2, 0.25) is 0 Å². The molecule has 1 aliphatic heterocycles. The van der Waals surface area contributed by atoms with Crippen LogP contribution in [0.25, 0.3) is 0 Å². The molecule has 0 aromatic heterocycles. The zero-order valence-corrected chi connectivity index (χ0v) is 13.7. The highest BCUT2D eigenvalue weighted by Crippen LogP contribution is 2.42. The summed E-state index contributed by atoms with van der Waals surface area (Å²) in [7, 11) is 0. The molecule has 0 radical (unpaired) electrons. The van der Waals surface area contributed by atoms with Crippen LogP contribution in [-0.4, -0.2) is 44.2 Å². The van der Waals surface area contributed by atoms with Crippen molar-refractivity contribution < 1.29 is 28.5 Å². The standard InChI is InChI=1S/C16H26O6/c1-4-19-13(17)15(14(18)20-5-2)10-21-16(22-11-15)8-6-12(3)7-9-16/h12H,4-11H2,1-3H3. The van der Waals surface area contributed by atoms with Crippen LogP contribution in [0.5, 0.6) is 0 Å². The lowest BCUT2D eigenvalue weighted by molar-refractivity contribution is -0.312. The largest absolute Gasteiger partial charge is 0.465 e. The molecule has 0 atom stereocenters. The summed E-state index contributed by atoms with van der Waals surface area (Å²) in [6.45, 7) is 5.91. The number of hydrogen-bond acceptors (Lipinski definition) is 6. The van der Waals surface area contributed by atoms with Crippen molar-refractivity contribution in [3.63, 3.8) is 0 Å². The Hall–Kier alpha value is -1.14. The van der Waals surface area contributed by atoms with Crippen LogP contribution in [0, 0.1) is 11.3 Å². The van der Waals surface area contributed by atoms with Crippen molar-refractivity contribution in [3.8, 4) is 0 Å². The van der Waals surface area contributed by atoms with Gasteiger partial charge in [0.05, 0.1) is 26.4 Å². The molecule has 1 saturated heterocycles. The fraction of sp³-hybridized carbons (Fsp3) is 0.875. The number of carbonyl (C=O) groups excluding carboxylic acids is 2. The Bertz CT molecular complexity index is 381. The molecular weight excluding hydrogens is 288 g/mol. The van der Waals surface area contributed by atoms with Gasteiger partial charge in [-0.25, -0.2) is 0 Å². The molecule has 6 heteroatoms. The van der Waals surface area contributed by atoms with Crippen LogP contribution in [0.15, 0.2) is 0 Å². The zero-order valence-electron chi connectivity index (χ0n) is 13.7. The first-order chi connectivity index (χ1) is 10.5. The SMILES string of the molecule is CCOC(=O)C1(C(=O)OCC)COC2(CCC(C)CC2)OC1. The number of carbonyl (C=O) groups is 2. The van der Waals surface area contributed by atoms with Gasteiger partial charge in [0.15, 0.2) is 5.79 Å². The third kappa shape index (κ3) is 3.27. The lowest BCUT2D eigenvalue weighted by atomic mass is 9.83. The highest BCUT2D eigenvalue weighted by atomic mass is 16.7. The summed E-state index contributed by atoms with van der Waals surface area (Å²) in [5.41, 5.74) is -1.50. The van der Waals surface area contributed by atoms with E-state index in [0.717, 1.165) is 25.7 Å². The summed E-state index contributed by atoms with van der Waals surface area (Å²) >= 11 is 0. The van der Waals surface area contributed by atoms with Gasteiger partial charge >= 0.3 is 11.9 Å². The molecule has 6 nitrogen and oxygen atoms in total. The van der Waals surface area contributed by atoms with Crippen LogP contribution in [0.1, 0.15) is 46.5 Å². The van der Waals surface area contributed by atoms with Crippen LogP contribution in [-0.2, 0) is 28.5 Å². The first-order valence-corrected chi connectivity index (χ1v) is 8.10. The summed E-state index contributed by atoms with van der Waals surface area (Å²) in [4.78, 5) is 24.6. The van der Waals surface area contributed by atoms with E-state index in [2.05, 4.69) is 6.92 Å². The van der Waals surface area contributed by atoms with E-state index in [1.165, 1.54) is 0 Å². The second-order valence-electron chi connectivity index (χ2n) is 6.19. The molecule has 0 unspecified atom stereocenters. The van der Waals surface area contributed by atoms with E-state index in [4.69, 9.17) is 18.9 Å². The van der Waals surface area contributed by atoms with E-state index in [-0.39, 0.29) is 26.4 Å². The van der Waals surface area contributed by atoms with Gasteiger partial charge in [-0.1, -0.05) is 6.92 Å². The normalized spacial score (nSPS) is 24.0. The van der Waals surface area contributed by atoms with Gasteiger partial charge in [0, 0.05) is 12.8 Å². The van der Waals surface area contributed by atoms with Crippen molar-refractivity contribution in [2.45, 2.75) is 52.2 Å². The maximum atomic E-state index is 12.3. The Labute approximate surface area is 131 Å². The Morgan fingerprint density at radius 1 is 1.00 bits per heavy atom. The summed E-state index contributed by atoms with van der Waals surface area (Å²) in [5.74, 6) is -1.27. The van der Waals surface area contributed by atoms with E-state index in [9.17, 15) is 9.59 Å². The Morgan fingerprint density at radius 2 is 1.45 bits per heavy atom. The average Bonchev–Trinajstić information content (AvgIpc) is 2.52. The second kappa shape index (κ2) is 6.96. The smallest absolute Gasteiger partial charge is 0.328 e. The van der Waals surface area contributed by atoms with Gasteiger partial charge in [-0.3, -0.25) is 9.59 Å². The molecule has 0 aromatic rings. The highest BCUT2D eigenvalue weighted by molar-refractivity contribution is 6.00. The van der Waals surface area contributed by atoms with Gasteiger partial charge < -0.3 is 18.9 Å². The number of hydrogen-bond donors (Lipinski definition) is 0. The first-order valence-electron chi connectivity index (χ1n) is 8.10. The molecule has 1 aliphatic carbocycles. The van der Waals surface area contributed by atoms with E-state index < -0.39 is 23.1 Å². The minimum atomic E-state index is -1.50. The molecule has 2 aliphatic rings. The monoisotopic (exact) mass is 314 g/mol. The van der Waals surface area contributed by atoms with Gasteiger partial charge in [0.25, 0.3) is 0 Å². The summed E-state index contributed by atoms with van der Waals surface area (Å²) in [6.07, 6.45) is 3.61. The molecule has 22 heavy (non-hydrogen) atoms. The van der Waals surface area contributed by atoms with Crippen LogP contribution >= 0.6 is 0 Å². The zero-order chi connectivity index (χ0) is 16.2. The highest BCUT2D eigenvalue weighted by Gasteiger charge is 2.56. The predicted molar refractivity (Wildman–Crippen MR) is 78.0 cm³/mol. The van der Waals surface area contributed by atoms with Gasteiger partial charge in [0.1, 0.15) is 0 Å². The molecule has 1 heterocycles. The maximum Gasteiger partial charge on any atom is 0.328 e. The topological polar surface area (TPSA) is 71.1 Å². The summed E-state index contributed by atoms with van der Waals surface area (Å²) in [6, 6.07) is 0. The van der Waals surface area contributed by atoms with E-state index in [1.54, 1.807) is 13.8 Å². The molecule has 2 rings (SSSR count). The van der Waals surface area contributed by atoms with E-state index >= 15 is 0 Å². The van der Waals surface area contributed by atoms with E-state index in [1.807, 2.05) is 0 Å². The third-order valence-electron chi connectivity index (χ3n) is 4.53. The predicted octanol–water partition coefficient (Wildman–Crippen LogP) is 2.05. The summed E-state index contributed by atoms with van der Waals surface area (Å²) in [5, 5.41) is 0. The average molecular weight is 314 g/mol. The molecular formula is C16H26O6. The van der Waals surface area contributed by atoms with Crippen LogP contribution in [0.4, 0.5) is 0 Å². The molecule has 126 valence electrons. The molecule has 0 N–H and O–H groups in total. The van der Waals surface area contributed by atoms with Crippen molar-refractivity contribution >= 4 is 11.9 Å². The number of ether oxygens (including phenoxy) is 4. The number of rotatable bonds is 4. The number of esters is 2. The van der Waals surface area contributed by atoms with Crippen molar-refractivity contribution in [2.75, 3.05) is 26.4 Å². The molecule has 0 amide bonds. The minimum Gasteiger partial charge on any atom is -0.465 e. The van der Waals surface area contributed by atoms with Crippen LogP contribution < -0.4 is 0 Å². The third-order valence-corrected chi connectivity index (χ3v) is 4.53. The van der Waals surface area contributed by atoms with Crippen molar-refractivity contribution in [3.05, 3.63) is 0 Å². The Morgan fingerprint density at radius 3 is 1.86 bits per heavy atom. The fourth-order valence-electron chi connectivity index (χ4n) is 2.94. The van der Waals surface area contributed by atoms with Crippen molar-refractivity contribution in [1.29, 1.82) is 0 Å². The van der Waals surface area contributed by atoms with Gasteiger partial charge in [0.2, 0.25) is 5.41 Å². The van der Waals surface area contributed by atoms with Crippen LogP contribution in [0.3, 0.4) is 0 Å². The lowest BCUT2D eigenvalue weighted by Gasteiger charge is -2.46. The Balaban J connectivity index is 2.10. The molecule has 1 spiro atoms. The molecule has 1 saturated carbocycles. The van der Waals surface area contributed by atoms with Crippen molar-refractivity contribution in [1.82, 2.24) is 0 Å².